The highest BCUT2D eigenvalue weighted by Gasteiger charge is 2.21. The number of benzene rings is 3. The molecule has 124 valence electrons. The molecule has 0 fully saturated rings. The molecule has 3 aromatic carbocycles. The predicted octanol–water partition coefficient (Wildman–Crippen LogP) is 4.16. The fourth-order valence-electron chi connectivity index (χ4n) is 2.73. The number of amides is 1. The van der Waals surface area contributed by atoms with Crippen molar-refractivity contribution >= 4 is 12.1 Å². The van der Waals surface area contributed by atoms with Gasteiger partial charge in [0.2, 0.25) is 0 Å². The maximum Gasteiger partial charge on any atom is 0.252 e. The lowest BCUT2D eigenvalue weighted by Gasteiger charge is -2.16. The van der Waals surface area contributed by atoms with E-state index in [4.69, 9.17) is 0 Å². The van der Waals surface area contributed by atoms with Gasteiger partial charge in [0.25, 0.3) is 5.91 Å². The van der Waals surface area contributed by atoms with Crippen molar-refractivity contribution in [3.63, 3.8) is 0 Å². The number of hydrogen-bond acceptors (Lipinski definition) is 2. The van der Waals surface area contributed by atoms with E-state index in [2.05, 4.69) is 10.5 Å². The van der Waals surface area contributed by atoms with Crippen molar-refractivity contribution in [2.45, 2.75) is 12.3 Å². The molecule has 0 radical (unpaired) electrons. The molecular formula is C22H20N2O. The first kappa shape index (κ1) is 16.7. The molecule has 0 heterocycles. The standard InChI is InChI=1S/C22H20N2O/c25-22(24-23-17-16-18-10-4-1-5-11-18)21(19-12-6-2-7-13-19)20-14-8-3-9-15-20/h1-15,17,21H,16H2,(H,24,25)/b23-17+. The lowest BCUT2D eigenvalue weighted by molar-refractivity contribution is -0.121. The van der Waals surface area contributed by atoms with Gasteiger partial charge in [-0.05, 0) is 16.7 Å². The highest BCUT2D eigenvalue weighted by atomic mass is 16.2. The Balaban J connectivity index is 1.72. The van der Waals surface area contributed by atoms with Crippen LogP contribution in [-0.2, 0) is 11.2 Å². The molecule has 3 aromatic rings. The summed E-state index contributed by atoms with van der Waals surface area (Å²) in [7, 11) is 0. The van der Waals surface area contributed by atoms with E-state index >= 15 is 0 Å². The largest absolute Gasteiger partial charge is 0.272 e. The number of nitrogens with one attached hydrogen (secondary N) is 1. The van der Waals surface area contributed by atoms with Crippen molar-refractivity contribution in [3.05, 3.63) is 108 Å². The fourth-order valence-corrected chi connectivity index (χ4v) is 2.73. The van der Waals surface area contributed by atoms with Gasteiger partial charge in [-0.2, -0.15) is 5.10 Å². The van der Waals surface area contributed by atoms with Crippen LogP contribution in [0.15, 0.2) is 96.1 Å². The van der Waals surface area contributed by atoms with Crippen molar-refractivity contribution in [3.8, 4) is 0 Å². The highest BCUT2D eigenvalue weighted by Crippen LogP contribution is 2.24. The number of rotatable bonds is 6. The molecule has 0 saturated carbocycles. The van der Waals surface area contributed by atoms with E-state index < -0.39 is 0 Å². The Hall–Kier alpha value is -3.20. The normalized spacial score (nSPS) is 10.9. The number of hydrazone groups is 1. The summed E-state index contributed by atoms with van der Waals surface area (Å²) in [5, 5.41) is 4.11. The minimum atomic E-state index is -0.378. The van der Waals surface area contributed by atoms with Gasteiger partial charge < -0.3 is 0 Å². The summed E-state index contributed by atoms with van der Waals surface area (Å²) in [5.74, 6) is -0.516. The van der Waals surface area contributed by atoms with E-state index in [1.807, 2.05) is 91.0 Å². The van der Waals surface area contributed by atoms with Gasteiger partial charge in [0, 0.05) is 12.6 Å². The Morgan fingerprint density at radius 1 is 0.800 bits per heavy atom. The Labute approximate surface area is 148 Å². The minimum Gasteiger partial charge on any atom is -0.272 e. The topological polar surface area (TPSA) is 41.5 Å². The van der Waals surface area contributed by atoms with Crippen LogP contribution in [0.5, 0.6) is 0 Å². The average molecular weight is 328 g/mol. The molecule has 0 bridgehead atoms. The summed E-state index contributed by atoms with van der Waals surface area (Å²) in [5.41, 5.74) is 5.73. The second-order valence-corrected chi connectivity index (χ2v) is 5.73. The zero-order valence-electron chi connectivity index (χ0n) is 13.9. The molecule has 3 rings (SSSR count). The van der Waals surface area contributed by atoms with Gasteiger partial charge in [-0.3, -0.25) is 4.79 Å². The molecular weight excluding hydrogens is 308 g/mol. The Kier molecular flexibility index (Phi) is 5.73. The van der Waals surface area contributed by atoms with Crippen LogP contribution in [0.4, 0.5) is 0 Å². The third-order valence-corrected chi connectivity index (χ3v) is 3.96. The lowest BCUT2D eigenvalue weighted by Crippen LogP contribution is -2.26. The van der Waals surface area contributed by atoms with E-state index in [-0.39, 0.29) is 11.8 Å². The Morgan fingerprint density at radius 3 is 1.80 bits per heavy atom. The molecule has 0 aliphatic heterocycles. The zero-order chi connectivity index (χ0) is 17.3. The maximum atomic E-state index is 12.7. The fraction of sp³-hybridized carbons (Fsp3) is 0.0909. The quantitative estimate of drug-likeness (QED) is 0.536. The molecule has 25 heavy (non-hydrogen) atoms. The Morgan fingerprint density at radius 2 is 1.28 bits per heavy atom. The number of hydrogen-bond donors (Lipinski definition) is 1. The molecule has 0 atom stereocenters. The van der Waals surface area contributed by atoms with Crippen molar-refractivity contribution < 1.29 is 4.79 Å². The molecule has 0 aliphatic rings. The van der Waals surface area contributed by atoms with Crippen LogP contribution in [0, 0.1) is 0 Å². The van der Waals surface area contributed by atoms with Crippen molar-refractivity contribution in [1.82, 2.24) is 5.43 Å². The van der Waals surface area contributed by atoms with Crippen LogP contribution in [0.1, 0.15) is 22.6 Å². The molecule has 0 unspecified atom stereocenters. The first-order valence-electron chi connectivity index (χ1n) is 8.30. The van der Waals surface area contributed by atoms with Gasteiger partial charge >= 0.3 is 0 Å². The Bertz CT molecular complexity index is 775. The summed E-state index contributed by atoms with van der Waals surface area (Å²) >= 11 is 0. The average Bonchev–Trinajstić information content (AvgIpc) is 2.68. The second-order valence-electron chi connectivity index (χ2n) is 5.73. The van der Waals surface area contributed by atoms with Crippen LogP contribution < -0.4 is 5.43 Å². The van der Waals surface area contributed by atoms with E-state index in [0.29, 0.717) is 6.42 Å². The van der Waals surface area contributed by atoms with E-state index in [1.165, 1.54) is 0 Å². The third-order valence-electron chi connectivity index (χ3n) is 3.96. The molecule has 0 aliphatic carbocycles. The highest BCUT2D eigenvalue weighted by molar-refractivity contribution is 5.87. The van der Waals surface area contributed by atoms with Crippen LogP contribution in [0.25, 0.3) is 0 Å². The molecule has 1 amide bonds. The summed E-state index contributed by atoms with van der Waals surface area (Å²) in [6, 6.07) is 29.5. The number of carbonyl (C=O) groups is 1. The van der Waals surface area contributed by atoms with Crippen LogP contribution in [0.2, 0.25) is 0 Å². The van der Waals surface area contributed by atoms with Gasteiger partial charge in [0.05, 0.1) is 5.92 Å². The van der Waals surface area contributed by atoms with Gasteiger partial charge in [0.1, 0.15) is 0 Å². The number of carbonyl (C=O) groups excluding carboxylic acids is 1. The molecule has 1 N–H and O–H groups in total. The molecule has 0 saturated heterocycles. The zero-order valence-corrected chi connectivity index (χ0v) is 13.9. The molecule has 3 nitrogen and oxygen atoms in total. The first-order valence-corrected chi connectivity index (χ1v) is 8.30. The first-order chi connectivity index (χ1) is 12.3. The summed E-state index contributed by atoms with van der Waals surface area (Å²) in [6.45, 7) is 0. The second kappa shape index (κ2) is 8.60. The molecule has 3 heteroatoms. The molecule has 0 spiro atoms. The van der Waals surface area contributed by atoms with E-state index in [1.54, 1.807) is 6.21 Å². The maximum absolute atomic E-state index is 12.7. The van der Waals surface area contributed by atoms with Gasteiger partial charge in [-0.1, -0.05) is 91.0 Å². The van der Waals surface area contributed by atoms with Crippen molar-refractivity contribution in [1.29, 1.82) is 0 Å². The summed E-state index contributed by atoms with van der Waals surface area (Å²) in [4.78, 5) is 12.7. The summed E-state index contributed by atoms with van der Waals surface area (Å²) < 4.78 is 0. The predicted molar refractivity (Wildman–Crippen MR) is 102 cm³/mol. The minimum absolute atomic E-state index is 0.137. The van der Waals surface area contributed by atoms with Gasteiger partial charge in [-0.15, -0.1) is 0 Å². The summed E-state index contributed by atoms with van der Waals surface area (Å²) in [6.07, 6.45) is 2.41. The van der Waals surface area contributed by atoms with Crippen LogP contribution in [0.3, 0.4) is 0 Å². The van der Waals surface area contributed by atoms with E-state index in [9.17, 15) is 4.79 Å². The third kappa shape index (κ3) is 4.64. The SMILES string of the molecule is O=C(N/N=C/Cc1ccccc1)C(c1ccccc1)c1ccccc1. The van der Waals surface area contributed by atoms with E-state index in [0.717, 1.165) is 16.7 Å². The van der Waals surface area contributed by atoms with Gasteiger partial charge in [0.15, 0.2) is 0 Å². The van der Waals surface area contributed by atoms with Crippen LogP contribution >= 0.6 is 0 Å². The smallest absolute Gasteiger partial charge is 0.252 e. The lowest BCUT2D eigenvalue weighted by atomic mass is 9.91. The van der Waals surface area contributed by atoms with Crippen molar-refractivity contribution in [2.75, 3.05) is 0 Å². The van der Waals surface area contributed by atoms with Crippen LogP contribution in [-0.4, -0.2) is 12.1 Å². The molecule has 0 aromatic heterocycles. The number of nitrogens with zero attached hydrogens (tertiary/aromatic N) is 1. The van der Waals surface area contributed by atoms with Gasteiger partial charge in [-0.25, -0.2) is 5.43 Å². The van der Waals surface area contributed by atoms with Crippen molar-refractivity contribution in [2.24, 2.45) is 5.10 Å². The monoisotopic (exact) mass is 328 g/mol.